The highest BCUT2D eigenvalue weighted by molar-refractivity contribution is 9.10. The van der Waals surface area contributed by atoms with Crippen LogP contribution >= 0.6 is 15.9 Å². The number of aromatic nitrogens is 1. The minimum absolute atomic E-state index is 0.0660. The highest BCUT2D eigenvalue weighted by atomic mass is 79.9. The Morgan fingerprint density at radius 2 is 2.17 bits per heavy atom. The number of hydrogen-bond donors (Lipinski definition) is 1. The maximum absolute atomic E-state index is 11.8. The molecule has 0 saturated heterocycles. The fraction of sp³-hybridized carbons (Fsp3) is 0.538. The number of unbranched alkanes of at least 4 members (excludes halogenated alkanes) is 1. The highest BCUT2D eigenvalue weighted by Crippen LogP contribution is 2.21. The normalized spacial score (nSPS) is 11.2. The quantitative estimate of drug-likeness (QED) is 0.850. The zero-order chi connectivity index (χ0) is 13.8. The topological polar surface area (TPSA) is 71.8 Å². The highest BCUT2D eigenvalue weighted by Gasteiger charge is 2.15. The number of anilines is 1. The van der Waals surface area contributed by atoms with Gasteiger partial charge in [0.2, 0.25) is 0 Å². The summed E-state index contributed by atoms with van der Waals surface area (Å²) < 4.78 is 2.10. The Kier molecular flexibility index (Phi) is 4.97. The minimum Gasteiger partial charge on any atom is -0.398 e. The third-order valence-electron chi connectivity index (χ3n) is 2.82. The van der Waals surface area contributed by atoms with E-state index in [9.17, 15) is 4.79 Å². The van der Waals surface area contributed by atoms with E-state index >= 15 is 0 Å². The van der Waals surface area contributed by atoms with Crippen LogP contribution in [0.1, 0.15) is 33.1 Å². The Morgan fingerprint density at radius 3 is 2.78 bits per heavy atom. The molecule has 0 unspecified atom stereocenters. The van der Waals surface area contributed by atoms with E-state index in [2.05, 4.69) is 22.0 Å². The Balaban J connectivity index is 2.56. The van der Waals surface area contributed by atoms with Crippen molar-refractivity contribution in [1.29, 1.82) is 5.26 Å². The first-order valence-electron chi connectivity index (χ1n) is 5.92. The van der Waals surface area contributed by atoms with E-state index in [0.29, 0.717) is 16.7 Å². The molecule has 0 atom stereocenters. The van der Waals surface area contributed by atoms with Crippen LogP contribution in [-0.2, 0) is 6.54 Å². The largest absolute Gasteiger partial charge is 0.398 e. The van der Waals surface area contributed by atoms with Crippen molar-refractivity contribution in [2.24, 2.45) is 5.41 Å². The molecule has 1 rings (SSSR count). The number of nitrogens with two attached hydrogens (primary N) is 1. The van der Waals surface area contributed by atoms with Gasteiger partial charge >= 0.3 is 0 Å². The lowest BCUT2D eigenvalue weighted by atomic mass is 9.89. The maximum Gasteiger partial charge on any atom is 0.264 e. The van der Waals surface area contributed by atoms with Gasteiger partial charge in [0, 0.05) is 18.4 Å². The zero-order valence-corrected chi connectivity index (χ0v) is 12.3. The van der Waals surface area contributed by atoms with E-state index in [1.54, 1.807) is 16.8 Å². The average Bonchev–Trinajstić information content (AvgIpc) is 2.30. The lowest BCUT2D eigenvalue weighted by molar-refractivity contribution is 0.415. The number of nitrogens with zero attached hydrogens (tertiary/aromatic N) is 2. The van der Waals surface area contributed by atoms with E-state index in [1.807, 2.05) is 13.8 Å². The second-order valence-electron chi connectivity index (χ2n) is 5.07. The number of nitriles is 1. The fourth-order valence-corrected chi connectivity index (χ4v) is 2.18. The van der Waals surface area contributed by atoms with Gasteiger partial charge in [0.15, 0.2) is 0 Å². The van der Waals surface area contributed by atoms with Crippen LogP contribution in [0.3, 0.4) is 0 Å². The molecule has 5 heteroatoms. The number of nitrogen functional groups attached to an aromatic ring is 1. The van der Waals surface area contributed by atoms with Crippen LogP contribution in [0, 0.1) is 16.7 Å². The Hall–Kier alpha value is -1.28. The summed E-state index contributed by atoms with van der Waals surface area (Å²) in [5.41, 5.74) is 5.90. The van der Waals surface area contributed by atoms with Crippen LogP contribution < -0.4 is 11.3 Å². The molecule has 1 aromatic rings. The molecule has 18 heavy (non-hydrogen) atoms. The SMILES string of the molecule is CC(C)(C#N)CCCCn1cc(N)cc(Br)c1=O. The van der Waals surface area contributed by atoms with Crippen molar-refractivity contribution in [3.8, 4) is 6.07 Å². The summed E-state index contributed by atoms with van der Waals surface area (Å²) in [6, 6.07) is 3.88. The van der Waals surface area contributed by atoms with E-state index in [4.69, 9.17) is 11.0 Å². The smallest absolute Gasteiger partial charge is 0.264 e. The van der Waals surface area contributed by atoms with Crippen LogP contribution in [0.25, 0.3) is 0 Å². The van der Waals surface area contributed by atoms with Gasteiger partial charge in [-0.05, 0) is 48.7 Å². The van der Waals surface area contributed by atoms with Gasteiger partial charge in [-0.25, -0.2) is 0 Å². The lowest BCUT2D eigenvalue weighted by Gasteiger charge is -2.14. The molecule has 0 spiro atoms. The van der Waals surface area contributed by atoms with Crippen LogP contribution in [0.2, 0.25) is 0 Å². The number of pyridine rings is 1. The van der Waals surface area contributed by atoms with E-state index < -0.39 is 0 Å². The first kappa shape index (κ1) is 14.8. The van der Waals surface area contributed by atoms with Crippen molar-refractivity contribution in [2.45, 2.75) is 39.7 Å². The molecule has 0 aliphatic rings. The Bertz CT molecular complexity index is 514. The van der Waals surface area contributed by atoms with E-state index in [0.717, 1.165) is 19.3 Å². The summed E-state index contributed by atoms with van der Waals surface area (Å²) in [6.07, 6.45) is 4.27. The van der Waals surface area contributed by atoms with Gasteiger partial charge in [0.25, 0.3) is 5.56 Å². The minimum atomic E-state index is -0.290. The molecule has 0 amide bonds. The van der Waals surface area contributed by atoms with Gasteiger partial charge in [-0.1, -0.05) is 6.42 Å². The summed E-state index contributed by atoms with van der Waals surface area (Å²) in [6.45, 7) is 4.48. The molecule has 1 aromatic heterocycles. The molecule has 0 aromatic carbocycles. The van der Waals surface area contributed by atoms with Crippen LogP contribution in [0.4, 0.5) is 5.69 Å². The van der Waals surface area contributed by atoms with Crippen molar-refractivity contribution in [2.75, 3.05) is 5.73 Å². The summed E-state index contributed by atoms with van der Waals surface area (Å²) >= 11 is 3.19. The third kappa shape index (κ3) is 4.19. The molecule has 98 valence electrons. The summed E-state index contributed by atoms with van der Waals surface area (Å²) in [5, 5.41) is 8.90. The van der Waals surface area contributed by atoms with Gasteiger partial charge in [-0.2, -0.15) is 5.26 Å². The van der Waals surface area contributed by atoms with Gasteiger partial charge in [0.1, 0.15) is 0 Å². The van der Waals surface area contributed by atoms with Crippen molar-refractivity contribution < 1.29 is 0 Å². The molecule has 0 bridgehead atoms. The second kappa shape index (κ2) is 6.05. The van der Waals surface area contributed by atoms with Gasteiger partial charge in [-0.15, -0.1) is 0 Å². The standard InChI is InChI=1S/C13H18BrN3O/c1-13(2,9-15)5-3-4-6-17-8-10(16)7-11(14)12(17)18/h7-8H,3-6,16H2,1-2H3. The first-order chi connectivity index (χ1) is 8.35. The molecule has 0 aliphatic carbocycles. The number of halogens is 1. The van der Waals surface area contributed by atoms with E-state index in [1.165, 1.54) is 0 Å². The molecule has 0 fully saturated rings. The van der Waals surface area contributed by atoms with Gasteiger partial charge < -0.3 is 10.3 Å². The monoisotopic (exact) mass is 311 g/mol. The Labute approximate surface area is 116 Å². The predicted molar refractivity (Wildman–Crippen MR) is 76.1 cm³/mol. The molecular weight excluding hydrogens is 294 g/mol. The summed E-state index contributed by atoms with van der Waals surface area (Å²) in [7, 11) is 0. The van der Waals surface area contributed by atoms with Crippen molar-refractivity contribution in [3.63, 3.8) is 0 Å². The van der Waals surface area contributed by atoms with Crippen LogP contribution in [0.5, 0.6) is 0 Å². The Morgan fingerprint density at radius 1 is 1.50 bits per heavy atom. The molecule has 0 saturated carbocycles. The van der Waals surface area contributed by atoms with Gasteiger partial charge in [-0.3, -0.25) is 4.79 Å². The van der Waals surface area contributed by atoms with Gasteiger partial charge in [0.05, 0.1) is 16.0 Å². The molecule has 4 nitrogen and oxygen atoms in total. The first-order valence-corrected chi connectivity index (χ1v) is 6.72. The molecular formula is C13H18BrN3O. The number of aryl methyl sites for hydroxylation is 1. The van der Waals surface area contributed by atoms with Crippen molar-refractivity contribution in [1.82, 2.24) is 4.57 Å². The zero-order valence-electron chi connectivity index (χ0n) is 10.7. The summed E-state index contributed by atoms with van der Waals surface area (Å²) in [4.78, 5) is 11.8. The molecule has 2 N–H and O–H groups in total. The molecule has 0 radical (unpaired) electrons. The molecule has 1 heterocycles. The number of rotatable bonds is 5. The van der Waals surface area contributed by atoms with Crippen molar-refractivity contribution in [3.05, 3.63) is 27.1 Å². The second-order valence-corrected chi connectivity index (χ2v) is 5.93. The summed E-state index contributed by atoms with van der Waals surface area (Å²) in [5.74, 6) is 0. The maximum atomic E-state index is 11.8. The van der Waals surface area contributed by atoms with Crippen LogP contribution in [-0.4, -0.2) is 4.57 Å². The molecule has 0 aliphatic heterocycles. The fourth-order valence-electron chi connectivity index (χ4n) is 1.69. The number of hydrogen-bond acceptors (Lipinski definition) is 3. The van der Waals surface area contributed by atoms with E-state index in [-0.39, 0.29) is 11.0 Å². The average molecular weight is 312 g/mol. The predicted octanol–water partition coefficient (Wildman–Crippen LogP) is 2.91. The van der Waals surface area contributed by atoms with Crippen molar-refractivity contribution >= 4 is 21.6 Å². The third-order valence-corrected chi connectivity index (χ3v) is 3.39. The lowest BCUT2D eigenvalue weighted by Crippen LogP contribution is -2.21. The van der Waals surface area contributed by atoms with Crippen LogP contribution in [0.15, 0.2) is 21.5 Å².